The number of ether oxygens (including phenoxy) is 1. The number of urea groups is 1. The zero-order valence-electron chi connectivity index (χ0n) is 13.8. The summed E-state index contributed by atoms with van der Waals surface area (Å²) in [5.41, 5.74) is 8.38. The molecule has 0 bridgehead atoms. The molecule has 0 saturated carbocycles. The molecule has 2 rings (SSSR count). The van der Waals surface area contributed by atoms with Gasteiger partial charge in [0.2, 0.25) is 5.91 Å². The molecular formula is C18H21N3O3. The standard InChI is InChI=1S/C18H21N3O3/c1-12-6-7-16(13(2)10-12)24-9-8-17(22)20-14-4-3-5-15(11-14)21-18(19)23/h3-7,10-11H,8-9H2,1-2H3,(H,20,22)(H3,19,21,23). The van der Waals surface area contributed by atoms with E-state index in [1.165, 1.54) is 5.56 Å². The van der Waals surface area contributed by atoms with Crippen molar-refractivity contribution in [1.82, 2.24) is 0 Å². The number of primary amides is 1. The summed E-state index contributed by atoms with van der Waals surface area (Å²) >= 11 is 0. The van der Waals surface area contributed by atoms with Crippen molar-refractivity contribution in [3.8, 4) is 5.75 Å². The quantitative estimate of drug-likeness (QED) is 0.760. The summed E-state index contributed by atoms with van der Waals surface area (Å²) in [4.78, 5) is 22.8. The molecule has 2 aromatic rings. The minimum atomic E-state index is -0.652. The molecule has 126 valence electrons. The first kappa shape index (κ1) is 17.3. The Hall–Kier alpha value is -3.02. The number of amides is 3. The van der Waals surface area contributed by atoms with E-state index in [1.54, 1.807) is 24.3 Å². The number of carbonyl (C=O) groups is 2. The normalized spacial score (nSPS) is 10.1. The van der Waals surface area contributed by atoms with Crippen molar-refractivity contribution in [3.05, 3.63) is 53.6 Å². The third-order valence-electron chi connectivity index (χ3n) is 3.33. The van der Waals surface area contributed by atoms with Crippen LogP contribution in [0.3, 0.4) is 0 Å². The van der Waals surface area contributed by atoms with E-state index in [-0.39, 0.29) is 18.9 Å². The van der Waals surface area contributed by atoms with E-state index >= 15 is 0 Å². The van der Waals surface area contributed by atoms with Crippen molar-refractivity contribution in [3.63, 3.8) is 0 Å². The summed E-state index contributed by atoms with van der Waals surface area (Å²) in [6.07, 6.45) is 0.223. The average molecular weight is 327 g/mol. The Morgan fingerprint density at radius 3 is 2.42 bits per heavy atom. The molecule has 0 unspecified atom stereocenters. The summed E-state index contributed by atoms with van der Waals surface area (Å²) in [5.74, 6) is 0.608. The molecule has 0 spiro atoms. The van der Waals surface area contributed by atoms with Gasteiger partial charge in [-0.2, -0.15) is 0 Å². The maximum Gasteiger partial charge on any atom is 0.316 e. The van der Waals surface area contributed by atoms with E-state index in [1.807, 2.05) is 32.0 Å². The Bertz CT molecular complexity index is 744. The summed E-state index contributed by atoms with van der Waals surface area (Å²) in [7, 11) is 0. The van der Waals surface area contributed by atoms with Gasteiger partial charge in [-0.25, -0.2) is 4.79 Å². The number of carbonyl (C=O) groups excluding carboxylic acids is 2. The van der Waals surface area contributed by atoms with Crippen LogP contribution in [0.25, 0.3) is 0 Å². The highest BCUT2D eigenvalue weighted by Crippen LogP contribution is 2.19. The van der Waals surface area contributed by atoms with Gasteiger partial charge in [0.05, 0.1) is 13.0 Å². The molecule has 0 aliphatic carbocycles. The zero-order valence-corrected chi connectivity index (χ0v) is 13.8. The highest BCUT2D eigenvalue weighted by molar-refractivity contribution is 5.93. The highest BCUT2D eigenvalue weighted by atomic mass is 16.5. The Balaban J connectivity index is 1.84. The molecule has 3 amide bonds. The van der Waals surface area contributed by atoms with Crippen molar-refractivity contribution in [2.75, 3.05) is 17.2 Å². The summed E-state index contributed by atoms with van der Waals surface area (Å²) < 4.78 is 5.64. The van der Waals surface area contributed by atoms with Gasteiger partial charge in [0.15, 0.2) is 0 Å². The SMILES string of the molecule is Cc1ccc(OCCC(=O)Nc2cccc(NC(N)=O)c2)c(C)c1. The summed E-state index contributed by atoms with van der Waals surface area (Å²) in [5, 5.41) is 5.21. The van der Waals surface area contributed by atoms with Crippen LogP contribution in [0.2, 0.25) is 0 Å². The molecule has 0 radical (unpaired) electrons. The minimum absolute atomic E-state index is 0.170. The van der Waals surface area contributed by atoms with Crippen LogP contribution >= 0.6 is 0 Å². The van der Waals surface area contributed by atoms with E-state index in [2.05, 4.69) is 10.6 Å². The maximum atomic E-state index is 12.0. The van der Waals surface area contributed by atoms with E-state index in [9.17, 15) is 9.59 Å². The number of nitrogens with one attached hydrogen (secondary N) is 2. The van der Waals surface area contributed by atoms with Crippen LogP contribution in [-0.4, -0.2) is 18.5 Å². The van der Waals surface area contributed by atoms with Crippen molar-refractivity contribution in [2.24, 2.45) is 5.73 Å². The van der Waals surface area contributed by atoms with Gasteiger partial charge in [-0.15, -0.1) is 0 Å². The number of hydrogen-bond acceptors (Lipinski definition) is 3. The third kappa shape index (κ3) is 5.31. The number of aryl methyl sites for hydroxylation is 2. The highest BCUT2D eigenvalue weighted by Gasteiger charge is 2.06. The molecule has 4 N–H and O–H groups in total. The van der Waals surface area contributed by atoms with Crippen LogP contribution in [-0.2, 0) is 4.79 Å². The Morgan fingerprint density at radius 1 is 1.04 bits per heavy atom. The van der Waals surface area contributed by atoms with Gasteiger partial charge in [0.25, 0.3) is 0 Å². The van der Waals surface area contributed by atoms with Crippen molar-refractivity contribution in [1.29, 1.82) is 0 Å². The largest absolute Gasteiger partial charge is 0.493 e. The number of anilines is 2. The average Bonchev–Trinajstić information content (AvgIpc) is 2.49. The van der Waals surface area contributed by atoms with Gasteiger partial charge in [0.1, 0.15) is 5.75 Å². The Morgan fingerprint density at radius 2 is 1.75 bits per heavy atom. The fourth-order valence-electron chi connectivity index (χ4n) is 2.26. The van der Waals surface area contributed by atoms with Crippen molar-refractivity contribution in [2.45, 2.75) is 20.3 Å². The van der Waals surface area contributed by atoms with Gasteiger partial charge in [0, 0.05) is 11.4 Å². The predicted molar refractivity (Wildman–Crippen MR) is 94.3 cm³/mol. The van der Waals surface area contributed by atoms with Crippen LogP contribution < -0.4 is 21.1 Å². The van der Waals surface area contributed by atoms with Crippen LogP contribution in [0.5, 0.6) is 5.75 Å². The fourth-order valence-corrected chi connectivity index (χ4v) is 2.26. The van der Waals surface area contributed by atoms with Gasteiger partial charge in [-0.1, -0.05) is 23.8 Å². The van der Waals surface area contributed by atoms with Gasteiger partial charge in [-0.3, -0.25) is 4.79 Å². The molecule has 0 saturated heterocycles. The number of rotatable bonds is 6. The molecule has 0 fully saturated rings. The fraction of sp³-hybridized carbons (Fsp3) is 0.222. The van der Waals surface area contributed by atoms with Gasteiger partial charge >= 0.3 is 6.03 Å². The van der Waals surface area contributed by atoms with E-state index in [0.717, 1.165) is 11.3 Å². The maximum absolute atomic E-state index is 12.0. The van der Waals surface area contributed by atoms with Crippen LogP contribution in [0.1, 0.15) is 17.5 Å². The van der Waals surface area contributed by atoms with Crippen LogP contribution in [0, 0.1) is 13.8 Å². The molecule has 0 aliphatic rings. The molecule has 24 heavy (non-hydrogen) atoms. The third-order valence-corrected chi connectivity index (χ3v) is 3.33. The second-order valence-corrected chi connectivity index (χ2v) is 5.49. The lowest BCUT2D eigenvalue weighted by Crippen LogP contribution is -2.19. The lowest BCUT2D eigenvalue weighted by atomic mass is 10.1. The van der Waals surface area contributed by atoms with Crippen molar-refractivity contribution >= 4 is 23.3 Å². The smallest absolute Gasteiger partial charge is 0.316 e. The Labute approximate surface area is 141 Å². The first-order chi connectivity index (χ1) is 11.4. The molecule has 0 aliphatic heterocycles. The Kier molecular flexibility index (Phi) is 5.78. The molecule has 6 heteroatoms. The van der Waals surface area contributed by atoms with E-state index < -0.39 is 6.03 Å². The molecule has 2 aromatic carbocycles. The molecule has 0 atom stereocenters. The first-order valence-electron chi connectivity index (χ1n) is 7.60. The molecule has 0 aromatic heterocycles. The molecule has 0 heterocycles. The minimum Gasteiger partial charge on any atom is -0.493 e. The number of hydrogen-bond donors (Lipinski definition) is 3. The van der Waals surface area contributed by atoms with Crippen LogP contribution in [0.15, 0.2) is 42.5 Å². The summed E-state index contributed by atoms with van der Waals surface area (Å²) in [6.45, 7) is 4.28. The second-order valence-electron chi connectivity index (χ2n) is 5.49. The topological polar surface area (TPSA) is 93.4 Å². The number of benzene rings is 2. The number of nitrogens with two attached hydrogens (primary N) is 1. The molecule has 6 nitrogen and oxygen atoms in total. The van der Waals surface area contributed by atoms with Gasteiger partial charge in [-0.05, 0) is 43.7 Å². The lowest BCUT2D eigenvalue weighted by molar-refractivity contribution is -0.116. The predicted octanol–water partition coefficient (Wildman–Crippen LogP) is 3.20. The van der Waals surface area contributed by atoms with Gasteiger partial charge < -0.3 is 21.1 Å². The van der Waals surface area contributed by atoms with Crippen LogP contribution in [0.4, 0.5) is 16.2 Å². The summed E-state index contributed by atoms with van der Waals surface area (Å²) in [6, 6.07) is 12.0. The van der Waals surface area contributed by atoms with Crippen molar-refractivity contribution < 1.29 is 14.3 Å². The first-order valence-corrected chi connectivity index (χ1v) is 7.60. The van der Waals surface area contributed by atoms with E-state index in [4.69, 9.17) is 10.5 Å². The monoisotopic (exact) mass is 327 g/mol. The lowest BCUT2D eigenvalue weighted by Gasteiger charge is -2.10. The zero-order chi connectivity index (χ0) is 17.5. The second kappa shape index (κ2) is 8.01. The van der Waals surface area contributed by atoms with E-state index in [0.29, 0.717) is 11.4 Å². The molecular weight excluding hydrogens is 306 g/mol.